The van der Waals surface area contributed by atoms with Gasteiger partial charge in [-0.25, -0.2) is 0 Å². The molecular weight excluding hydrogens is 793 g/mol. The second-order valence-electron chi connectivity index (χ2n) is 17.2. The number of fused-ring (bicyclic) bond motifs is 16. The molecule has 10 aromatic carbocycles. The fraction of sp³-hybridized carbons (Fsp3) is 0.0164. The minimum Gasteiger partial charge on any atom is -0.309 e. The molecule has 0 atom stereocenters. The van der Waals surface area contributed by atoms with Gasteiger partial charge < -0.3 is 9.47 Å². The van der Waals surface area contributed by atoms with Crippen LogP contribution in [0, 0.1) is 0 Å². The third-order valence-electron chi connectivity index (χ3n) is 14.0. The van der Waals surface area contributed by atoms with Crippen LogP contribution in [0.5, 0.6) is 0 Å². The summed E-state index contributed by atoms with van der Waals surface area (Å²) in [6, 6.07) is 85.8. The van der Waals surface area contributed by atoms with Gasteiger partial charge in [0.15, 0.2) is 0 Å². The van der Waals surface area contributed by atoms with Crippen LogP contribution in [0.3, 0.4) is 0 Å². The van der Waals surface area contributed by atoms with Gasteiger partial charge in [-0.3, -0.25) is 0 Å². The van der Waals surface area contributed by atoms with E-state index in [4.69, 9.17) is 0 Å². The summed E-state index contributed by atoms with van der Waals surface area (Å²) >= 11 is 1.84. The summed E-state index contributed by atoms with van der Waals surface area (Å²) in [6.07, 6.45) is 0. The number of para-hydroxylation sites is 2. The van der Waals surface area contributed by atoms with Crippen molar-refractivity contribution in [3.63, 3.8) is 0 Å². The molecule has 1 spiro atoms. The lowest BCUT2D eigenvalue weighted by atomic mass is 9.70. The molecule has 2 heterocycles. The number of benzene rings is 10. The maximum absolute atomic E-state index is 2.56. The lowest BCUT2D eigenvalue weighted by molar-refractivity contribution is 0.797. The van der Waals surface area contributed by atoms with Crippen LogP contribution in [-0.4, -0.2) is 4.57 Å². The molecule has 0 fully saturated rings. The van der Waals surface area contributed by atoms with Crippen LogP contribution < -0.4 is 4.90 Å². The SMILES string of the molecule is c1ccc(-c2ccc(-n3c4ccc(-c5ccc(N6c7ccccc7Sc7ccccc76)cc5)cc4c4ccc5c(c43)C3(c4ccccc4-c4ccccc43)c3ccccc3-5)cc2)cc1. The van der Waals surface area contributed by atoms with E-state index in [1.165, 1.54) is 110 Å². The number of hydrogen-bond acceptors (Lipinski definition) is 2. The average molecular weight is 831 g/mol. The summed E-state index contributed by atoms with van der Waals surface area (Å²) in [5, 5.41) is 2.50. The van der Waals surface area contributed by atoms with Crippen LogP contribution >= 0.6 is 11.8 Å². The van der Waals surface area contributed by atoms with E-state index in [9.17, 15) is 0 Å². The van der Waals surface area contributed by atoms with Crippen LogP contribution in [0.4, 0.5) is 17.1 Å². The van der Waals surface area contributed by atoms with E-state index >= 15 is 0 Å². The lowest BCUT2D eigenvalue weighted by Gasteiger charge is -2.32. The van der Waals surface area contributed by atoms with Gasteiger partial charge in [-0.2, -0.15) is 0 Å². The summed E-state index contributed by atoms with van der Waals surface area (Å²) in [5.41, 5.74) is 22.2. The molecule has 2 nitrogen and oxygen atoms in total. The van der Waals surface area contributed by atoms with Crippen molar-refractivity contribution in [3.05, 3.63) is 253 Å². The smallest absolute Gasteiger partial charge is 0.0746 e. The molecule has 3 aliphatic rings. The molecule has 0 saturated heterocycles. The molecule has 11 aromatic rings. The minimum absolute atomic E-state index is 0.489. The summed E-state index contributed by atoms with van der Waals surface area (Å²) in [7, 11) is 0. The third kappa shape index (κ3) is 4.87. The molecule has 1 aliphatic heterocycles. The van der Waals surface area contributed by atoms with Gasteiger partial charge in [0.25, 0.3) is 0 Å². The molecular formula is C61H38N2S. The summed E-state index contributed by atoms with van der Waals surface area (Å²) in [6.45, 7) is 0. The van der Waals surface area contributed by atoms with Crippen LogP contribution in [0.2, 0.25) is 0 Å². The summed E-state index contributed by atoms with van der Waals surface area (Å²) in [4.78, 5) is 4.93. The predicted molar refractivity (Wildman–Crippen MR) is 267 cm³/mol. The largest absolute Gasteiger partial charge is 0.309 e. The van der Waals surface area contributed by atoms with E-state index in [-0.39, 0.29) is 0 Å². The van der Waals surface area contributed by atoms with Crippen molar-refractivity contribution < 1.29 is 0 Å². The molecule has 0 N–H and O–H groups in total. The number of aromatic nitrogens is 1. The highest BCUT2D eigenvalue weighted by Crippen LogP contribution is 2.64. The van der Waals surface area contributed by atoms with E-state index < -0.39 is 5.41 Å². The highest BCUT2D eigenvalue weighted by Gasteiger charge is 2.53. The summed E-state index contributed by atoms with van der Waals surface area (Å²) < 4.78 is 2.56. The van der Waals surface area contributed by atoms with E-state index in [2.05, 4.69) is 240 Å². The quantitative estimate of drug-likeness (QED) is 0.175. The number of nitrogens with zero attached hydrogens (tertiary/aromatic N) is 2. The van der Waals surface area contributed by atoms with Gasteiger partial charge in [-0.05, 0) is 122 Å². The predicted octanol–water partition coefficient (Wildman–Crippen LogP) is 16.4. The van der Waals surface area contributed by atoms with Gasteiger partial charge >= 0.3 is 0 Å². The standard InChI is InChI=1S/C61H38N2S/c1-2-14-39(15-3-1)40-26-33-44(34-27-40)63-54-37-30-42(41-28-31-43(32-29-41)62-55-22-10-12-24-57(55)64-58-25-13-11-23-56(58)62)38-50(54)49-36-35-48-47-18-6-9-21-53(47)61(59(48)60(49)63)51-19-7-4-16-45(51)46-17-5-8-20-52(46)61/h1-38H. The Labute approximate surface area is 376 Å². The Morgan fingerprint density at radius 3 is 1.45 bits per heavy atom. The first-order chi connectivity index (χ1) is 31.8. The van der Waals surface area contributed by atoms with Crippen molar-refractivity contribution in [2.24, 2.45) is 0 Å². The topological polar surface area (TPSA) is 8.17 Å². The zero-order valence-corrected chi connectivity index (χ0v) is 35.6. The molecule has 14 rings (SSSR count). The van der Waals surface area contributed by atoms with Gasteiger partial charge in [-0.15, -0.1) is 0 Å². The fourth-order valence-electron chi connectivity index (χ4n) is 11.4. The van der Waals surface area contributed by atoms with E-state index in [1.807, 2.05) is 11.8 Å². The van der Waals surface area contributed by atoms with E-state index in [0.29, 0.717) is 0 Å². The van der Waals surface area contributed by atoms with Crippen molar-refractivity contribution in [2.45, 2.75) is 15.2 Å². The molecule has 0 radical (unpaired) electrons. The molecule has 64 heavy (non-hydrogen) atoms. The highest BCUT2D eigenvalue weighted by atomic mass is 32.2. The summed E-state index contributed by atoms with van der Waals surface area (Å²) in [5.74, 6) is 0. The third-order valence-corrected chi connectivity index (χ3v) is 15.1. The Balaban J connectivity index is 1.01. The number of hydrogen-bond donors (Lipinski definition) is 0. The molecule has 2 aliphatic carbocycles. The Morgan fingerprint density at radius 1 is 0.344 bits per heavy atom. The molecule has 3 heteroatoms. The van der Waals surface area contributed by atoms with Crippen LogP contribution in [0.25, 0.3) is 72.0 Å². The van der Waals surface area contributed by atoms with Crippen molar-refractivity contribution in [2.75, 3.05) is 4.90 Å². The normalized spacial score (nSPS) is 13.7. The fourth-order valence-corrected chi connectivity index (χ4v) is 12.4. The van der Waals surface area contributed by atoms with Gasteiger partial charge in [0.05, 0.1) is 27.8 Å². The maximum atomic E-state index is 2.56. The van der Waals surface area contributed by atoms with Crippen molar-refractivity contribution >= 4 is 50.6 Å². The Morgan fingerprint density at radius 2 is 0.828 bits per heavy atom. The molecule has 0 bridgehead atoms. The Hall–Kier alpha value is -7.85. The zero-order chi connectivity index (χ0) is 41.9. The first kappa shape index (κ1) is 35.7. The molecule has 0 saturated carbocycles. The Bertz CT molecular complexity index is 3580. The molecule has 0 unspecified atom stereocenters. The van der Waals surface area contributed by atoms with Crippen LogP contribution in [0.1, 0.15) is 22.3 Å². The molecule has 298 valence electrons. The second kappa shape index (κ2) is 13.6. The van der Waals surface area contributed by atoms with E-state index in [1.54, 1.807) is 0 Å². The zero-order valence-electron chi connectivity index (χ0n) is 34.7. The van der Waals surface area contributed by atoms with Gasteiger partial charge in [-0.1, -0.05) is 182 Å². The van der Waals surface area contributed by atoms with Crippen LogP contribution in [-0.2, 0) is 5.41 Å². The molecule has 1 aromatic heterocycles. The van der Waals surface area contributed by atoms with Crippen molar-refractivity contribution in [1.82, 2.24) is 4.57 Å². The van der Waals surface area contributed by atoms with Crippen molar-refractivity contribution in [3.8, 4) is 50.2 Å². The monoisotopic (exact) mass is 830 g/mol. The maximum Gasteiger partial charge on any atom is 0.0746 e. The minimum atomic E-state index is -0.489. The van der Waals surface area contributed by atoms with Gasteiger partial charge in [0, 0.05) is 37.5 Å². The van der Waals surface area contributed by atoms with Crippen molar-refractivity contribution in [1.29, 1.82) is 0 Å². The van der Waals surface area contributed by atoms with Gasteiger partial charge in [0.2, 0.25) is 0 Å². The van der Waals surface area contributed by atoms with Crippen LogP contribution in [0.15, 0.2) is 240 Å². The lowest BCUT2D eigenvalue weighted by Crippen LogP contribution is -2.26. The number of rotatable bonds is 4. The molecule has 0 amide bonds. The Kier molecular flexibility index (Phi) is 7.57. The average Bonchev–Trinajstić information content (AvgIpc) is 3.97. The second-order valence-corrected chi connectivity index (χ2v) is 18.3. The number of anilines is 3. The first-order valence-electron chi connectivity index (χ1n) is 22.1. The van der Waals surface area contributed by atoms with Gasteiger partial charge in [0.1, 0.15) is 0 Å². The first-order valence-corrected chi connectivity index (χ1v) is 22.9. The highest BCUT2D eigenvalue weighted by molar-refractivity contribution is 7.99. The van der Waals surface area contributed by atoms with E-state index in [0.717, 1.165) is 11.4 Å².